The Morgan fingerprint density at radius 2 is 1.71 bits per heavy atom. The van der Waals surface area contributed by atoms with Crippen LogP contribution in [0.5, 0.6) is 5.75 Å². The molecular formula is C28H42N4O3. The number of rotatable bonds is 9. The van der Waals surface area contributed by atoms with Gasteiger partial charge in [-0.05, 0) is 42.4 Å². The molecule has 1 saturated heterocycles. The van der Waals surface area contributed by atoms with Crippen molar-refractivity contribution < 1.29 is 14.3 Å². The Hall–Kier alpha value is -2.67. The standard InChI is InChI=1S/C28H42N4O3/c1-20(18-28(3,4)5)16-26(33)31-12-14-32(15-13-31)27-24(25(19-34-6)29-21(2)30-27)17-22-8-10-23(35-7)11-9-22/h8-11,20H,12-19H2,1-7H3. The summed E-state index contributed by atoms with van der Waals surface area (Å²) in [7, 11) is 3.37. The molecule has 3 rings (SSSR count). The van der Waals surface area contributed by atoms with Crippen molar-refractivity contribution in [2.45, 2.75) is 60.5 Å². The number of ether oxygens (including phenoxy) is 2. The van der Waals surface area contributed by atoms with Gasteiger partial charge in [0.1, 0.15) is 17.4 Å². The van der Waals surface area contributed by atoms with Crippen molar-refractivity contribution in [3.63, 3.8) is 0 Å². The van der Waals surface area contributed by atoms with E-state index < -0.39 is 0 Å². The number of carbonyl (C=O) groups is 1. The third-order valence-electron chi connectivity index (χ3n) is 6.42. The fraction of sp³-hybridized carbons (Fsp3) is 0.607. The highest BCUT2D eigenvalue weighted by atomic mass is 16.5. The summed E-state index contributed by atoms with van der Waals surface area (Å²) in [6.45, 7) is 14.2. The zero-order valence-corrected chi connectivity index (χ0v) is 22.6. The summed E-state index contributed by atoms with van der Waals surface area (Å²) < 4.78 is 10.8. The lowest BCUT2D eigenvalue weighted by molar-refractivity contribution is -0.132. The smallest absolute Gasteiger partial charge is 0.222 e. The molecular weight excluding hydrogens is 440 g/mol. The van der Waals surface area contributed by atoms with Gasteiger partial charge in [-0.3, -0.25) is 4.79 Å². The van der Waals surface area contributed by atoms with Crippen molar-refractivity contribution in [3.8, 4) is 5.75 Å². The van der Waals surface area contributed by atoms with E-state index in [1.165, 1.54) is 5.56 Å². The van der Waals surface area contributed by atoms with Crippen molar-refractivity contribution in [2.24, 2.45) is 11.3 Å². The van der Waals surface area contributed by atoms with Crippen molar-refractivity contribution in [1.82, 2.24) is 14.9 Å². The van der Waals surface area contributed by atoms with E-state index in [4.69, 9.17) is 19.4 Å². The third-order valence-corrected chi connectivity index (χ3v) is 6.42. The summed E-state index contributed by atoms with van der Waals surface area (Å²) in [6, 6.07) is 8.11. The molecule has 0 bridgehead atoms. The van der Waals surface area contributed by atoms with Gasteiger partial charge < -0.3 is 19.3 Å². The normalized spacial score (nSPS) is 15.3. The van der Waals surface area contributed by atoms with Crippen LogP contribution in [0.2, 0.25) is 0 Å². The largest absolute Gasteiger partial charge is 0.497 e. The number of aromatic nitrogens is 2. The summed E-state index contributed by atoms with van der Waals surface area (Å²) in [5, 5.41) is 0. The topological polar surface area (TPSA) is 67.8 Å². The van der Waals surface area contributed by atoms with Crippen LogP contribution in [0.1, 0.15) is 63.2 Å². The van der Waals surface area contributed by atoms with Gasteiger partial charge in [0.15, 0.2) is 0 Å². The van der Waals surface area contributed by atoms with Gasteiger partial charge in [0.25, 0.3) is 0 Å². The van der Waals surface area contributed by atoms with Crippen LogP contribution >= 0.6 is 0 Å². The highest BCUT2D eigenvalue weighted by Gasteiger charge is 2.27. The number of anilines is 1. The SMILES string of the molecule is COCc1nc(C)nc(N2CCN(C(=O)CC(C)CC(C)(C)C)CC2)c1Cc1ccc(OC)cc1. The molecule has 35 heavy (non-hydrogen) atoms. The molecule has 192 valence electrons. The number of nitrogens with zero attached hydrogens (tertiary/aromatic N) is 4. The Bertz CT molecular complexity index is 977. The molecule has 0 aliphatic carbocycles. The molecule has 7 nitrogen and oxygen atoms in total. The summed E-state index contributed by atoms with van der Waals surface area (Å²) >= 11 is 0. The number of hydrogen-bond acceptors (Lipinski definition) is 6. The first-order valence-electron chi connectivity index (χ1n) is 12.6. The molecule has 1 fully saturated rings. The maximum atomic E-state index is 12.9. The summed E-state index contributed by atoms with van der Waals surface area (Å²) in [4.78, 5) is 26.8. The Balaban J connectivity index is 1.75. The maximum Gasteiger partial charge on any atom is 0.222 e. The minimum Gasteiger partial charge on any atom is -0.497 e. The number of carbonyl (C=O) groups excluding carboxylic acids is 1. The molecule has 2 heterocycles. The quantitative estimate of drug-likeness (QED) is 0.519. The summed E-state index contributed by atoms with van der Waals surface area (Å²) in [5.74, 6) is 3.18. The third kappa shape index (κ3) is 7.66. The summed E-state index contributed by atoms with van der Waals surface area (Å²) in [6.07, 6.45) is 2.38. The van der Waals surface area contributed by atoms with Crippen molar-refractivity contribution in [2.75, 3.05) is 45.3 Å². The highest BCUT2D eigenvalue weighted by Crippen LogP contribution is 2.28. The average molecular weight is 483 g/mol. The first-order chi connectivity index (χ1) is 16.6. The first kappa shape index (κ1) is 26.9. The van der Waals surface area contributed by atoms with Gasteiger partial charge in [-0.25, -0.2) is 9.97 Å². The lowest BCUT2D eigenvalue weighted by Gasteiger charge is -2.37. The zero-order chi connectivity index (χ0) is 25.6. The molecule has 1 aliphatic rings. The number of hydrogen-bond donors (Lipinski definition) is 0. The second kappa shape index (κ2) is 11.8. The number of piperazine rings is 1. The molecule has 1 amide bonds. The van der Waals surface area contributed by atoms with Crippen LogP contribution in [0.25, 0.3) is 0 Å². The maximum absolute atomic E-state index is 12.9. The van der Waals surface area contributed by atoms with Crippen molar-refractivity contribution in [3.05, 3.63) is 46.9 Å². The fourth-order valence-electron chi connectivity index (χ4n) is 5.00. The molecule has 0 spiro atoms. The molecule has 0 saturated carbocycles. The highest BCUT2D eigenvalue weighted by molar-refractivity contribution is 5.76. The van der Waals surface area contributed by atoms with Gasteiger partial charge in [-0.2, -0.15) is 0 Å². The Morgan fingerprint density at radius 3 is 2.29 bits per heavy atom. The van der Waals surface area contributed by atoms with Crippen molar-refractivity contribution in [1.29, 1.82) is 0 Å². The van der Waals surface area contributed by atoms with Crippen LogP contribution in [-0.2, 0) is 22.6 Å². The van der Waals surface area contributed by atoms with Gasteiger partial charge in [-0.1, -0.05) is 39.8 Å². The van der Waals surface area contributed by atoms with Gasteiger partial charge in [0.05, 0.1) is 19.4 Å². The molecule has 0 N–H and O–H groups in total. The second-order valence-corrected chi connectivity index (χ2v) is 10.9. The lowest BCUT2D eigenvalue weighted by Crippen LogP contribution is -2.49. The number of methoxy groups -OCH3 is 2. The molecule has 1 aromatic heterocycles. The number of benzene rings is 1. The van der Waals surface area contributed by atoms with Crippen LogP contribution in [0, 0.1) is 18.3 Å². The van der Waals surface area contributed by atoms with E-state index in [1.54, 1.807) is 14.2 Å². The number of aryl methyl sites for hydroxylation is 1. The minimum atomic E-state index is 0.240. The van der Waals surface area contributed by atoms with E-state index in [2.05, 4.69) is 44.7 Å². The van der Waals surface area contributed by atoms with Crippen LogP contribution in [0.15, 0.2) is 24.3 Å². The first-order valence-corrected chi connectivity index (χ1v) is 12.6. The van der Waals surface area contributed by atoms with Crippen LogP contribution < -0.4 is 9.64 Å². The molecule has 1 atom stereocenters. The Kier molecular flexibility index (Phi) is 9.11. The van der Waals surface area contributed by atoms with E-state index in [-0.39, 0.29) is 11.3 Å². The lowest BCUT2D eigenvalue weighted by atomic mass is 9.84. The van der Waals surface area contributed by atoms with Gasteiger partial charge in [0, 0.05) is 51.7 Å². The van der Waals surface area contributed by atoms with E-state index in [9.17, 15) is 4.79 Å². The van der Waals surface area contributed by atoms with E-state index in [0.717, 1.165) is 48.2 Å². The van der Waals surface area contributed by atoms with E-state index in [1.807, 2.05) is 24.0 Å². The fourth-order valence-corrected chi connectivity index (χ4v) is 5.00. The molecule has 1 aromatic carbocycles. The molecule has 1 aliphatic heterocycles. The zero-order valence-electron chi connectivity index (χ0n) is 22.6. The van der Waals surface area contributed by atoms with E-state index >= 15 is 0 Å². The van der Waals surface area contributed by atoms with Crippen LogP contribution in [0.4, 0.5) is 5.82 Å². The van der Waals surface area contributed by atoms with E-state index in [0.29, 0.717) is 38.5 Å². The monoisotopic (exact) mass is 482 g/mol. The van der Waals surface area contributed by atoms with Gasteiger partial charge in [0.2, 0.25) is 5.91 Å². The van der Waals surface area contributed by atoms with Gasteiger partial charge >= 0.3 is 0 Å². The minimum absolute atomic E-state index is 0.240. The summed E-state index contributed by atoms with van der Waals surface area (Å²) in [5.41, 5.74) is 3.41. The molecule has 2 aromatic rings. The predicted molar refractivity (Wildman–Crippen MR) is 140 cm³/mol. The second-order valence-electron chi connectivity index (χ2n) is 10.9. The van der Waals surface area contributed by atoms with Gasteiger partial charge in [-0.15, -0.1) is 0 Å². The molecule has 7 heteroatoms. The Labute approximate surface area is 210 Å². The predicted octanol–water partition coefficient (Wildman–Crippen LogP) is 4.64. The van der Waals surface area contributed by atoms with Crippen LogP contribution in [0.3, 0.4) is 0 Å². The van der Waals surface area contributed by atoms with Crippen LogP contribution in [-0.4, -0.2) is 61.2 Å². The van der Waals surface area contributed by atoms with Crippen molar-refractivity contribution >= 4 is 11.7 Å². The average Bonchev–Trinajstić information content (AvgIpc) is 2.80. The Morgan fingerprint density at radius 1 is 1.06 bits per heavy atom. The number of amides is 1. The molecule has 0 radical (unpaired) electrons. The molecule has 1 unspecified atom stereocenters.